The molecule has 8 aromatic heterocycles. The van der Waals surface area contributed by atoms with Crippen LogP contribution >= 0.6 is 34.4 Å². The predicted octanol–water partition coefficient (Wildman–Crippen LogP) is 35.1. The molecule has 2 unspecified atom stereocenters. The summed E-state index contributed by atoms with van der Waals surface area (Å²) in [6.45, 7) is 0. The van der Waals surface area contributed by atoms with Crippen molar-refractivity contribution in [3.8, 4) is 125 Å². The number of para-hydroxylation sites is 7. The van der Waals surface area contributed by atoms with E-state index in [1.807, 2.05) is 180 Å². The molecule has 2 atom stereocenters. The molecule has 0 amide bonds. The SMILES string of the molecule is c1ccc(-c2cc(-c3ccccc3)nc(-n3c4ccccc4c4c5oc6ccccc6c5ccc43)n2)cc1.c1ccc(-c2cc(-c3ccccc3)nc(N3c4ccc(-c5ccc6sc7ccc(-c8ccc9c(c8)c8sc%10ccccc%10c8n9-c8ccccc8)cc7c6c5)cc4C4Sc5ccccc5C43)n2)cc1.c1ccc(-c2nc(-c3ccccc3)nc(-c3ccc(N4c5ccccc5Oc5ccccc54)cc3)n2)cc1. The van der Waals surface area contributed by atoms with E-state index in [9.17, 15) is 0 Å². The van der Waals surface area contributed by atoms with Gasteiger partial charge < -0.3 is 23.5 Å². The zero-order chi connectivity index (χ0) is 95.5. The van der Waals surface area contributed by atoms with E-state index < -0.39 is 0 Å². The lowest BCUT2D eigenvalue weighted by Crippen LogP contribution is -2.22. The molecule has 3 aliphatic heterocycles. The molecule has 16 heteroatoms. The van der Waals surface area contributed by atoms with Gasteiger partial charge in [-0.3, -0.25) is 4.57 Å². The second-order valence-electron chi connectivity index (χ2n) is 36.5. The first-order valence-electron chi connectivity index (χ1n) is 48.5. The van der Waals surface area contributed by atoms with Gasteiger partial charge in [0.15, 0.2) is 29.0 Å². The molecule has 145 heavy (non-hydrogen) atoms. The third-order valence-corrected chi connectivity index (χ3v) is 31.6. The van der Waals surface area contributed by atoms with Crippen molar-refractivity contribution in [2.75, 3.05) is 9.80 Å². The molecule has 0 bridgehead atoms. The second kappa shape index (κ2) is 35.5. The summed E-state index contributed by atoms with van der Waals surface area (Å²) in [6.07, 6.45) is 0. The Morgan fingerprint density at radius 3 is 1.28 bits per heavy atom. The van der Waals surface area contributed by atoms with Crippen molar-refractivity contribution in [3.05, 3.63) is 490 Å². The third kappa shape index (κ3) is 14.9. The highest BCUT2D eigenvalue weighted by atomic mass is 32.2. The molecular formula is C129H81N11O2S3. The molecule has 0 N–H and O–H groups in total. The summed E-state index contributed by atoms with van der Waals surface area (Å²) in [5, 5.41) is 9.78. The predicted molar refractivity (Wildman–Crippen MR) is 598 cm³/mol. The molecule has 19 aromatic carbocycles. The van der Waals surface area contributed by atoms with Crippen LogP contribution in [0.1, 0.15) is 22.4 Å². The first kappa shape index (κ1) is 84.7. The number of nitrogens with zero attached hydrogens (tertiary/aromatic N) is 11. The van der Waals surface area contributed by atoms with Crippen LogP contribution in [0.4, 0.5) is 28.7 Å². The van der Waals surface area contributed by atoms with Crippen LogP contribution in [0.3, 0.4) is 0 Å². The number of benzene rings is 19. The Bertz CT molecular complexity index is 9530. The molecule has 30 rings (SSSR count). The van der Waals surface area contributed by atoms with Gasteiger partial charge in [-0.15, -0.1) is 34.4 Å². The van der Waals surface area contributed by atoms with E-state index in [4.69, 9.17) is 44.0 Å². The van der Waals surface area contributed by atoms with E-state index in [0.717, 1.165) is 146 Å². The second-order valence-corrected chi connectivity index (χ2v) is 39.8. The molecule has 0 aliphatic carbocycles. The molecule has 27 aromatic rings. The Hall–Kier alpha value is -18.3. The summed E-state index contributed by atoms with van der Waals surface area (Å²) >= 11 is 5.73. The van der Waals surface area contributed by atoms with Crippen molar-refractivity contribution in [1.82, 2.24) is 44.0 Å². The number of hydrogen-bond donors (Lipinski definition) is 0. The molecule has 0 spiro atoms. The smallest absolute Gasteiger partial charge is 0.235 e. The molecule has 0 saturated carbocycles. The minimum absolute atomic E-state index is 0.0545. The standard InChI is InChI=1S/C62H38N4S3.C34H21N3O.C33H22N4O/c1-4-14-37(15-5-1)50-36-51(38-16-6-2-7-17-38)64-62(63-50)66-53-29-25-40(35-49(53)61-59(66)45-21-11-13-23-55(45)69-61)42-27-31-57-47(33-42)46-32-41(26-30-56(46)67-57)39-24-28-52-48(34-39)60-58(44-20-10-12-22-54(44)68-60)65(52)43-18-8-3-9-19-43;1-3-11-22(12-4-1)27-21-28(23-13-5-2-6-14-23)36-34(35-27)37-29-17-9-7-16-26(29)32-30(37)20-19-25-24-15-8-10-18-31(24)38-33(25)32;1-3-11-23(12-4-1)31-34-32(24-13-5-2-6-14-24)36-33(35-31)25-19-21-26(22-20-25)37-27-15-7-9-17-29(27)38-30-18-10-8-16-28(30)37/h1-36,59,61H;1-21H;1-22H. The highest BCUT2D eigenvalue weighted by Gasteiger charge is 2.48. The average Bonchev–Trinajstić information content (AvgIpc) is 1.56. The van der Waals surface area contributed by atoms with Crippen molar-refractivity contribution in [2.45, 2.75) is 16.2 Å². The lowest BCUT2D eigenvalue weighted by atomic mass is 9.97. The quantitative estimate of drug-likeness (QED) is 0.109. The first-order valence-corrected chi connectivity index (χ1v) is 51.0. The number of rotatable bonds is 13. The van der Waals surface area contributed by atoms with Crippen LogP contribution in [0.25, 0.3) is 208 Å². The van der Waals surface area contributed by atoms with Gasteiger partial charge >= 0.3 is 0 Å². The zero-order valence-corrected chi connectivity index (χ0v) is 80.2. The molecule has 11 heterocycles. The summed E-state index contributed by atoms with van der Waals surface area (Å²) in [6, 6.07) is 168. The van der Waals surface area contributed by atoms with Crippen LogP contribution in [0.5, 0.6) is 11.5 Å². The maximum Gasteiger partial charge on any atom is 0.235 e. The van der Waals surface area contributed by atoms with Gasteiger partial charge in [0.05, 0.1) is 77.6 Å². The Morgan fingerprint density at radius 1 is 0.255 bits per heavy atom. The molecular weight excluding hydrogens is 1830 g/mol. The van der Waals surface area contributed by atoms with Gasteiger partial charge in [-0.05, 0) is 191 Å². The number of thioether (sulfide) groups is 1. The van der Waals surface area contributed by atoms with E-state index in [1.165, 1.54) is 95.3 Å². The minimum Gasteiger partial charge on any atom is -0.455 e. The summed E-state index contributed by atoms with van der Waals surface area (Å²) in [5.41, 5.74) is 29.9. The van der Waals surface area contributed by atoms with Crippen LogP contribution in [0.2, 0.25) is 0 Å². The normalized spacial score (nSPS) is 13.4. The number of furan rings is 1. The largest absolute Gasteiger partial charge is 0.455 e. The molecule has 13 nitrogen and oxygen atoms in total. The number of aromatic nitrogens is 9. The number of thiophene rings is 2. The Labute approximate surface area is 845 Å². The fraction of sp³-hybridized carbons (Fsp3) is 0.0155. The first-order chi connectivity index (χ1) is 71.9. The van der Waals surface area contributed by atoms with Crippen LogP contribution < -0.4 is 14.5 Å². The van der Waals surface area contributed by atoms with E-state index in [2.05, 4.69) is 353 Å². The Balaban J connectivity index is 0.000000114. The average molecular weight is 1910 g/mol. The Morgan fingerprint density at radius 2 is 0.690 bits per heavy atom. The van der Waals surface area contributed by atoms with Gasteiger partial charge in [0.2, 0.25) is 11.9 Å². The van der Waals surface area contributed by atoms with Gasteiger partial charge in [0, 0.05) is 113 Å². The lowest BCUT2D eigenvalue weighted by molar-refractivity contribution is 0.477. The minimum atomic E-state index is 0.0545. The van der Waals surface area contributed by atoms with E-state index in [0.29, 0.717) is 23.4 Å². The van der Waals surface area contributed by atoms with Crippen molar-refractivity contribution in [1.29, 1.82) is 0 Å². The van der Waals surface area contributed by atoms with Crippen LogP contribution in [0.15, 0.2) is 489 Å². The fourth-order valence-electron chi connectivity index (χ4n) is 21.1. The molecule has 0 saturated heterocycles. The van der Waals surface area contributed by atoms with E-state index in [1.54, 1.807) is 0 Å². The molecule has 682 valence electrons. The lowest BCUT2D eigenvalue weighted by Gasteiger charge is -2.32. The summed E-state index contributed by atoms with van der Waals surface area (Å²) in [5.74, 6) is 4.93. The van der Waals surface area contributed by atoms with Crippen molar-refractivity contribution < 1.29 is 9.15 Å². The topological polar surface area (TPSA) is 129 Å². The maximum absolute atomic E-state index is 6.45. The number of fused-ring (bicyclic) bond motifs is 22. The monoisotopic (exact) mass is 1910 g/mol. The molecule has 3 aliphatic rings. The van der Waals surface area contributed by atoms with Crippen LogP contribution in [-0.4, -0.2) is 44.0 Å². The molecule has 0 radical (unpaired) electrons. The van der Waals surface area contributed by atoms with Crippen molar-refractivity contribution >= 4 is 158 Å². The van der Waals surface area contributed by atoms with E-state index >= 15 is 0 Å². The number of ether oxygens (including phenoxy) is 1. The van der Waals surface area contributed by atoms with Gasteiger partial charge in [-0.2, -0.15) is 0 Å². The zero-order valence-electron chi connectivity index (χ0n) is 77.7. The fourth-order valence-corrected chi connectivity index (χ4v) is 24.9. The summed E-state index contributed by atoms with van der Waals surface area (Å²) < 4.78 is 22.5. The molecule has 0 fully saturated rings. The summed E-state index contributed by atoms with van der Waals surface area (Å²) in [4.78, 5) is 41.4. The van der Waals surface area contributed by atoms with Crippen LogP contribution in [0, 0.1) is 0 Å². The van der Waals surface area contributed by atoms with Gasteiger partial charge in [0.25, 0.3) is 0 Å². The highest BCUT2D eigenvalue weighted by molar-refractivity contribution is 8.00. The van der Waals surface area contributed by atoms with Crippen molar-refractivity contribution in [2.24, 2.45) is 0 Å². The van der Waals surface area contributed by atoms with Gasteiger partial charge in [-0.1, -0.05) is 322 Å². The van der Waals surface area contributed by atoms with Crippen LogP contribution in [-0.2, 0) is 0 Å². The Kier molecular flexibility index (Phi) is 20.7. The summed E-state index contributed by atoms with van der Waals surface area (Å²) in [7, 11) is 0. The van der Waals surface area contributed by atoms with Gasteiger partial charge in [0.1, 0.15) is 11.2 Å². The number of anilines is 5. The highest BCUT2D eigenvalue weighted by Crippen LogP contribution is 2.65. The third-order valence-electron chi connectivity index (χ3n) is 27.9. The van der Waals surface area contributed by atoms with Gasteiger partial charge in [-0.25, -0.2) is 34.9 Å². The van der Waals surface area contributed by atoms with E-state index in [-0.39, 0.29) is 11.3 Å². The van der Waals surface area contributed by atoms with Crippen molar-refractivity contribution in [3.63, 3.8) is 0 Å². The number of hydrogen-bond acceptors (Lipinski definition) is 14. The maximum atomic E-state index is 6.45.